The van der Waals surface area contributed by atoms with Crippen LogP contribution in [0.5, 0.6) is 0 Å². The fourth-order valence-corrected chi connectivity index (χ4v) is 1.67. The molecule has 20 heavy (non-hydrogen) atoms. The zero-order chi connectivity index (χ0) is 14.9. The second kappa shape index (κ2) is 5.03. The first-order valence-corrected chi connectivity index (χ1v) is 5.63. The van der Waals surface area contributed by atoms with E-state index in [-0.39, 0.29) is 11.3 Å². The van der Waals surface area contributed by atoms with Crippen molar-refractivity contribution >= 4 is 5.78 Å². The van der Waals surface area contributed by atoms with Gasteiger partial charge in [-0.3, -0.25) is 9.78 Å². The third-order valence-electron chi connectivity index (χ3n) is 2.77. The molecule has 0 saturated carbocycles. The highest BCUT2D eigenvalue weighted by Gasteiger charge is 2.31. The first-order valence-electron chi connectivity index (χ1n) is 5.63. The quantitative estimate of drug-likeness (QED) is 0.620. The predicted octanol–water partition coefficient (Wildman–Crippen LogP) is 3.78. The number of nitrogens with zero attached hydrogens (tertiary/aromatic N) is 1. The van der Waals surface area contributed by atoms with E-state index in [1.165, 1.54) is 12.1 Å². The molecule has 0 radical (unpaired) electrons. The van der Waals surface area contributed by atoms with Crippen LogP contribution in [0.15, 0.2) is 36.5 Å². The van der Waals surface area contributed by atoms with Gasteiger partial charge in [0.1, 0.15) is 11.5 Å². The van der Waals surface area contributed by atoms with Gasteiger partial charge in [-0.05, 0) is 36.8 Å². The Bertz CT molecular complexity index is 647. The highest BCUT2D eigenvalue weighted by molar-refractivity contribution is 6.08. The van der Waals surface area contributed by atoms with Gasteiger partial charge >= 0.3 is 6.18 Å². The van der Waals surface area contributed by atoms with Crippen molar-refractivity contribution in [2.45, 2.75) is 13.1 Å². The van der Waals surface area contributed by atoms with Crippen LogP contribution in [-0.2, 0) is 6.18 Å². The standard InChI is InChI=1S/C14H9F4NO/c1-8-2-4-10(15)6-11(8)13(20)12-5-3-9(7-19-12)14(16,17)18/h2-7H,1H3. The van der Waals surface area contributed by atoms with Crippen molar-refractivity contribution in [1.82, 2.24) is 4.98 Å². The summed E-state index contributed by atoms with van der Waals surface area (Å²) in [7, 11) is 0. The number of halogens is 4. The molecular weight excluding hydrogens is 274 g/mol. The minimum Gasteiger partial charge on any atom is -0.287 e. The number of alkyl halides is 3. The Morgan fingerprint density at radius 2 is 1.85 bits per heavy atom. The van der Waals surface area contributed by atoms with Gasteiger partial charge in [-0.2, -0.15) is 13.2 Å². The molecule has 0 N–H and O–H groups in total. The van der Waals surface area contributed by atoms with Crippen LogP contribution in [0, 0.1) is 12.7 Å². The summed E-state index contributed by atoms with van der Waals surface area (Å²) in [4.78, 5) is 15.6. The second-order valence-electron chi connectivity index (χ2n) is 4.22. The number of hydrogen-bond acceptors (Lipinski definition) is 2. The number of ketones is 1. The monoisotopic (exact) mass is 283 g/mol. The maximum absolute atomic E-state index is 13.1. The van der Waals surface area contributed by atoms with E-state index in [0.29, 0.717) is 11.8 Å². The molecular formula is C14H9F4NO. The lowest BCUT2D eigenvalue weighted by atomic mass is 10.0. The zero-order valence-electron chi connectivity index (χ0n) is 10.3. The molecule has 1 heterocycles. The molecule has 2 nitrogen and oxygen atoms in total. The summed E-state index contributed by atoms with van der Waals surface area (Å²) >= 11 is 0. The van der Waals surface area contributed by atoms with Crippen LogP contribution < -0.4 is 0 Å². The minimum atomic E-state index is -4.51. The maximum Gasteiger partial charge on any atom is 0.417 e. The largest absolute Gasteiger partial charge is 0.417 e. The highest BCUT2D eigenvalue weighted by Crippen LogP contribution is 2.28. The van der Waals surface area contributed by atoms with Crippen molar-refractivity contribution in [1.29, 1.82) is 0 Å². The van der Waals surface area contributed by atoms with Crippen molar-refractivity contribution in [3.63, 3.8) is 0 Å². The van der Waals surface area contributed by atoms with Crippen molar-refractivity contribution in [3.05, 3.63) is 64.7 Å². The van der Waals surface area contributed by atoms with Gasteiger partial charge in [0.05, 0.1) is 5.56 Å². The lowest BCUT2D eigenvalue weighted by Gasteiger charge is -2.07. The number of aryl methyl sites for hydroxylation is 1. The van der Waals surface area contributed by atoms with Crippen LogP contribution in [0.25, 0.3) is 0 Å². The molecule has 0 atom stereocenters. The van der Waals surface area contributed by atoms with E-state index in [1.54, 1.807) is 6.92 Å². The molecule has 0 aliphatic rings. The van der Waals surface area contributed by atoms with Gasteiger partial charge in [0, 0.05) is 11.8 Å². The lowest BCUT2D eigenvalue weighted by molar-refractivity contribution is -0.137. The molecule has 0 saturated heterocycles. The van der Waals surface area contributed by atoms with E-state index in [2.05, 4.69) is 4.98 Å². The topological polar surface area (TPSA) is 30.0 Å². The number of rotatable bonds is 2. The first kappa shape index (κ1) is 14.2. The van der Waals surface area contributed by atoms with Gasteiger partial charge in [-0.1, -0.05) is 6.07 Å². The molecule has 2 rings (SSSR count). The average molecular weight is 283 g/mol. The SMILES string of the molecule is Cc1ccc(F)cc1C(=O)c1ccc(C(F)(F)F)cn1. The third kappa shape index (κ3) is 2.84. The van der Waals surface area contributed by atoms with Crippen molar-refractivity contribution in [2.75, 3.05) is 0 Å². The number of pyridine rings is 1. The van der Waals surface area contributed by atoms with E-state index in [1.807, 2.05) is 0 Å². The first-order chi connectivity index (χ1) is 9.29. The van der Waals surface area contributed by atoms with Gasteiger partial charge in [-0.25, -0.2) is 4.39 Å². The van der Waals surface area contributed by atoms with Gasteiger partial charge in [-0.15, -0.1) is 0 Å². The van der Waals surface area contributed by atoms with Gasteiger partial charge in [0.2, 0.25) is 5.78 Å². The van der Waals surface area contributed by atoms with E-state index < -0.39 is 23.3 Å². The maximum atomic E-state index is 13.1. The predicted molar refractivity (Wildman–Crippen MR) is 63.8 cm³/mol. The Kier molecular flexibility index (Phi) is 3.57. The van der Waals surface area contributed by atoms with Gasteiger partial charge < -0.3 is 0 Å². The van der Waals surface area contributed by atoms with E-state index in [9.17, 15) is 22.4 Å². The van der Waals surface area contributed by atoms with Crippen LogP contribution in [0.2, 0.25) is 0 Å². The summed E-state index contributed by atoms with van der Waals surface area (Å²) < 4.78 is 50.3. The van der Waals surface area contributed by atoms with E-state index in [4.69, 9.17) is 0 Å². The van der Waals surface area contributed by atoms with Gasteiger partial charge in [0.15, 0.2) is 0 Å². The molecule has 6 heteroatoms. The lowest BCUT2D eigenvalue weighted by Crippen LogP contribution is -2.10. The molecule has 2 aromatic rings. The number of carbonyl (C=O) groups excluding carboxylic acids is 1. The Balaban J connectivity index is 2.37. The number of hydrogen-bond donors (Lipinski definition) is 0. The normalized spacial score (nSPS) is 11.4. The average Bonchev–Trinajstić information content (AvgIpc) is 2.40. The summed E-state index contributed by atoms with van der Waals surface area (Å²) in [6.07, 6.45) is -3.93. The van der Waals surface area contributed by atoms with Gasteiger partial charge in [0.25, 0.3) is 0 Å². The Hall–Kier alpha value is -2.24. The van der Waals surface area contributed by atoms with Crippen LogP contribution in [-0.4, -0.2) is 10.8 Å². The molecule has 0 spiro atoms. The Labute approximate surface area is 112 Å². The molecule has 104 valence electrons. The molecule has 0 bridgehead atoms. The minimum absolute atomic E-state index is 0.0808. The number of carbonyl (C=O) groups is 1. The smallest absolute Gasteiger partial charge is 0.287 e. The molecule has 1 aromatic heterocycles. The second-order valence-corrected chi connectivity index (χ2v) is 4.22. The molecule has 0 fully saturated rings. The van der Waals surface area contributed by atoms with Crippen LogP contribution in [0.1, 0.15) is 27.2 Å². The summed E-state index contributed by atoms with van der Waals surface area (Å²) in [6, 6.07) is 5.42. The zero-order valence-corrected chi connectivity index (χ0v) is 10.3. The molecule has 0 unspecified atom stereocenters. The fourth-order valence-electron chi connectivity index (χ4n) is 1.67. The molecule has 0 aliphatic carbocycles. The Morgan fingerprint density at radius 1 is 1.15 bits per heavy atom. The van der Waals surface area contributed by atoms with E-state index in [0.717, 1.165) is 18.2 Å². The van der Waals surface area contributed by atoms with Crippen molar-refractivity contribution in [3.8, 4) is 0 Å². The molecule has 1 aromatic carbocycles. The van der Waals surface area contributed by atoms with Crippen molar-refractivity contribution in [2.24, 2.45) is 0 Å². The Morgan fingerprint density at radius 3 is 2.40 bits per heavy atom. The summed E-state index contributed by atoms with van der Waals surface area (Å²) in [5.74, 6) is -1.21. The highest BCUT2D eigenvalue weighted by atomic mass is 19.4. The number of benzene rings is 1. The fraction of sp³-hybridized carbons (Fsp3) is 0.143. The summed E-state index contributed by atoms with van der Waals surface area (Å²) in [5.41, 5.74) is -0.493. The van der Waals surface area contributed by atoms with E-state index >= 15 is 0 Å². The summed E-state index contributed by atoms with van der Waals surface area (Å²) in [6.45, 7) is 1.61. The van der Waals surface area contributed by atoms with Crippen LogP contribution in [0.3, 0.4) is 0 Å². The van der Waals surface area contributed by atoms with Crippen LogP contribution in [0.4, 0.5) is 17.6 Å². The number of aromatic nitrogens is 1. The summed E-state index contributed by atoms with van der Waals surface area (Å²) in [5, 5.41) is 0. The van der Waals surface area contributed by atoms with Crippen molar-refractivity contribution < 1.29 is 22.4 Å². The molecule has 0 aliphatic heterocycles. The third-order valence-corrected chi connectivity index (χ3v) is 2.77. The van der Waals surface area contributed by atoms with Crippen LogP contribution >= 0.6 is 0 Å². The molecule has 0 amide bonds.